The average molecular weight is 644 g/mol. The summed E-state index contributed by atoms with van der Waals surface area (Å²) in [4.78, 5) is 0. The van der Waals surface area contributed by atoms with Crippen LogP contribution in [0.5, 0.6) is 11.5 Å². The minimum Gasteiger partial charge on any atom is -0.506 e. The third-order valence-electron chi connectivity index (χ3n) is 4.71. The van der Waals surface area contributed by atoms with E-state index in [-0.39, 0.29) is 11.5 Å². The number of phenols is 2. The molecule has 1 aliphatic carbocycles. The predicted octanol–water partition coefficient (Wildman–Crippen LogP) is 9.45. The molecule has 1 aliphatic rings. The van der Waals surface area contributed by atoms with Gasteiger partial charge < -0.3 is 10.2 Å². The van der Waals surface area contributed by atoms with Crippen LogP contribution in [0.25, 0.3) is 0 Å². The van der Waals surface area contributed by atoms with Crippen molar-refractivity contribution in [3.8, 4) is 11.5 Å². The number of halogens is 4. The first-order valence-electron chi connectivity index (χ1n) is 9.30. The molecule has 0 bridgehead atoms. The molecular weight excluding hydrogens is 616 g/mol. The Morgan fingerprint density at radius 3 is 1.21 bits per heavy atom. The summed E-state index contributed by atoms with van der Waals surface area (Å²) < 4.78 is 2.82. The van der Waals surface area contributed by atoms with Gasteiger partial charge in [0, 0.05) is 0 Å². The molecule has 0 spiro atoms. The van der Waals surface area contributed by atoms with E-state index in [0.29, 0.717) is 23.3 Å². The smallest absolute Gasteiger partial charge is 0.143 e. The molecule has 0 aromatic heterocycles. The Hall–Kier alpha value is -0.0400. The van der Waals surface area contributed by atoms with E-state index in [9.17, 15) is 0 Å². The molecule has 0 amide bonds. The van der Waals surface area contributed by atoms with Gasteiger partial charge in [0.1, 0.15) is 11.5 Å². The maximum Gasteiger partial charge on any atom is 0.143 e. The Labute approximate surface area is 202 Å². The van der Waals surface area contributed by atoms with Gasteiger partial charge in [-0.3, -0.25) is 0 Å². The summed E-state index contributed by atoms with van der Waals surface area (Å²) in [5, 5.41) is 18.2. The Morgan fingerprint density at radius 2 is 1.00 bits per heavy atom. The minimum atomic E-state index is 0.248. The van der Waals surface area contributed by atoms with Crippen molar-refractivity contribution in [3.05, 3.63) is 54.3 Å². The molecule has 2 aromatic carbocycles. The third kappa shape index (κ3) is 9.19. The first-order chi connectivity index (χ1) is 13.0. The second-order valence-corrected chi connectivity index (χ2v) is 11.3. The maximum atomic E-state index is 9.11. The van der Waals surface area contributed by atoms with E-state index in [1.807, 2.05) is 12.1 Å². The van der Waals surface area contributed by atoms with E-state index in [2.05, 4.69) is 84.5 Å². The minimum absolute atomic E-state index is 0.248. The molecule has 0 aliphatic heterocycles. The summed E-state index contributed by atoms with van der Waals surface area (Å²) >= 11 is 12.7. The Kier molecular flexibility index (Phi) is 11.7. The average Bonchev–Trinajstić information content (AvgIpc) is 2.65. The summed E-state index contributed by atoms with van der Waals surface area (Å²) in [7, 11) is 0. The molecule has 0 heterocycles. The number of aromatic hydroxyl groups is 2. The molecule has 0 radical (unpaired) electrons. The van der Waals surface area contributed by atoms with Gasteiger partial charge in [-0.05, 0) is 112 Å². The summed E-state index contributed by atoms with van der Waals surface area (Å²) in [5.41, 5.74) is 0.570. The zero-order valence-corrected chi connectivity index (χ0v) is 22.8. The molecule has 2 aromatic rings. The number of rotatable bonds is 0. The number of phenolic OH excluding ortho intramolecular Hbond substituents is 2. The van der Waals surface area contributed by atoms with Crippen LogP contribution in [-0.2, 0) is 0 Å². The summed E-state index contributed by atoms with van der Waals surface area (Å²) in [6, 6.07) is 10.8. The number of hydrogen-bond donors (Lipinski definition) is 2. The Bertz CT molecular complexity index is 646. The molecule has 0 atom stereocenters. The number of benzene rings is 2. The quantitative estimate of drug-likeness (QED) is 0.300. The van der Waals surface area contributed by atoms with E-state index in [1.165, 1.54) is 32.1 Å². The van der Waals surface area contributed by atoms with Crippen molar-refractivity contribution in [2.24, 2.45) is 11.3 Å². The molecule has 3 rings (SSSR count). The Morgan fingerprint density at radius 1 is 0.679 bits per heavy atom. The molecule has 1 saturated carbocycles. The van der Waals surface area contributed by atoms with Gasteiger partial charge in [0.25, 0.3) is 0 Å². The Balaban J connectivity index is 0.000000210. The molecule has 28 heavy (non-hydrogen) atoms. The van der Waals surface area contributed by atoms with Gasteiger partial charge in [0.15, 0.2) is 0 Å². The lowest BCUT2D eigenvalue weighted by atomic mass is 9.72. The monoisotopic (exact) mass is 640 g/mol. The van der Waals surface area contributed by atoms with E-state index in [1.54, 1.807) is 24.3 Å². The molecule has 0 unspecified atom stereocenters. The zero-order chi connectivity index (χ0) is 21.3. The second-order valence-electron chi connectivity index (χ2n) is 7.84. The molecule has 0 saturated heterocycles. The number of hydrogen-bond acceptors (Lipinski definition) is 2. The second kappa shape index (κ2) is 12.6. The van der Waals surface area contributed by atoms with Gasteiger partial charge in [0.2, 0.25) is 0 Å². The topological polar surface area (TPSA) is 40.5 Å². The summed E-state index contributed by atoms with van der Waals surface area (Å²) in [5.74, 6) is 1.50. The van der Waals surface area contributed by atoms with Gasteiger partial charge in [-0.15, -0.1) is 0 Å². The lowest BCUT2D eigenvalue weighted by Gasteiger charge is -2.33. The first-order valence-corrected chi connectivity index (χ1v) is 12.5. The first kappa shape index (κ1) is 26.0. The van der Waals surface area contributed by atoms with Gasteiger partial charge in [-0.2, -0.15) is 0 Å². The highest BCUT2D eigenvalue weighted by atomic mass is 79.9. The van der Waals surface area contributed by atoms with Crippen LogP contribution >= 0.6 is 63.7 Å². The van der Waals surface area contributed by atoms with Gasteiger partial charge in [-0.25, -0.2) is 0 Å². The summed E-state index contributed by atoms with van der Waals surface area (Å²) in [6.45, 7) is 7.13. The van der Waals surface area contributed by atoms with Crippen LogP contribution in [0.2, 0.25) is 0 Å². The highest BCUT2D eigenvalue weighted by Crippen LogP contribution is 2.37. The third-order valence-corrected chi connectivity index (χ3v) is 7.26. The maximum absolute atomic E-state index is 9.11. The lowest BCUT2D eigenvalue weighted by molar-refractivity contribution is 0.180. The van der Waals surface area contributed by atoms with Gasteiger partial charge in [0.05, 0.1) is 17.9 Å². The van der Waals surface area contributed by atoms with E-state index in [0.717, 1.165) is 5.92 Å². The van der Waals surface area contributed by atoms with Crippen molar-refractivity contribution >= 4 is 63.7 Å². The molecule has 1 fully saturated rings. The van der Waals surface area contributed by atoms with Gasteiger partial charge >= 0.3 is 0 Å². The van der Waals surface area contributed by atoms with Crippen molar-refractivity contribution in [2.45, 2.75) is 52.9 Å². The van der Waals surface area contributed by atoms with E-state index < -0.39 is 0 Å². The molecule has 156 valence electrons. The van der Waals surface area contributed by atoms with Crippen LogP contribution in [0.4, 0.5) is 0 Å². The van der Waals surface area contributed by atoms with Crippen LogP contribution in [0.3, 0.4) is 0 Å². The number of para-hydroxylation sites is 2. The SMILES string of the molecule is CC(C)(C)C1CCCCC1.Oc1c(Br)cccc1Br.Oc1c(Br)cccc1Br. The fourth-order valence-corrected chi connectivity index (χ4v) is 4.94. The lowest BCUT2D eigenvalue weighted by Crippen LogP contribution is -2.22. The predicted molar refractivity (Wildman–Crippen MR) is 133 cm³/mol. The molecule has 6 heteroatoms. The van der Waals surface area contributed by atoms with Crippen molar-refractivity contribution in [1.82, 2.24) is 0 Å². The molecular formula is C22H28Br4O2. The highest BCUT2D eigenvalue weighted by Gasteiger charge is 2.25. The largest absolute Gasteiger partial charge is 0.506 e. The fourth-order valence-electron chi connectivity index (χ4n) is 2.95. The van der Waals surface area contributed by atoms with Crippen molar-refractivity contribution < 1.29 is 10.2 Å². The van der Waals surface area contributed by atoms with Crippen LogP contribution in [0.15, 0.2) is 54.3 Å². The van der Waals surface area contributed by atoms with Crippen LogP contribution in [0, 0.1) is 11.3 Å². The van der Waals surface area contributed by atoms with Crippen LogP contribution < -0.4 is 0 Å². The summed E-state index contributed by atoms with van der Waals surface area (Å²) in [6.07, 6.45) is 7.38. The zero-order valence-electron chi connectivity index (χ0n) is 16.5. The molecule has 2 nitrogen and oxygen atoms in total. The fraction of sp³-hybridized carbons (Fsp3) is 0.455. The molecule has 2 N–H and O–H groups in total. The normalized spacial score (nSPS) is 14.4. The van der Waals surface area contributed by atoms with E-state index in [4.69, 9.17) is 10.2 Å². The van der Waals surface area contributed by atoms with E-state index >= 15 is 0 Å². The van der Waals surface area contributed by atoms with Crippen molar-refractivity contribution in [3.63, 3.8) is 0 Å². The standard InChI is InChI=1S/C10H20.2C6H4Br2O/c1-10(2,3)9-7-5-4-6-8-9;2*7-4-2-1-3-5(8)6(4)9/h9H,4-8H2,1-3H3;2*1-3,9H. The van der Waals surface area contributed by atoms with Crippen molar-refractivity contribution in [2.75, 3.05) is 0 Å². The van der Waals surface area contributed by atoms with Gasteiger partial charge in [-0.1, -0.05) is 52.2 Å². The highest BCUT2D eigenvalue weighted by molar-refractivity contribution is 9.11. The van der Waals surface area contributed by atoms with Crippen LogP contribution in [-0.4, -0.2) is 10.2 Å². The van der Waals surface area contributed by atoms with Crippen LogP contribution in [0.1, 0.15) is 52.9 Å². The van der Waals surface area contributed by atoms with Crippen molar-refractivity contribution in [1.29, 1.82) is 0 Å².